The van der Waals surface area contributed by atoms with Crippen molar-refractivity contribution in [2.75, 3.05) is 0 Å². The van der Waals surface area contributed by atoms with Gasteiger partial charge in [0.2, 0.25) is 0 Å². The van der Waals surface area contributed by atoms with Crippen molar-refractivity contribution in [3.8, 4) is 17.2 Å². The first-order valence-corrected chi connectivity index (χ1v) is 7.17. The molecule has 2 rings (SSSR count). The third-order valence-electron chi connectivity index (χ3n) is 3.85. The van der Waals surface area contributed by atoms with Gasteiger partial charge in [0.1, 0.15) is 11.5 Å². The predicted octanol–water partition coefficient (Wildman–Crippen LogP) is 5.36. The fourth-order valence-electron chi connectivity index (χ4n) is 2.58. The highest BCUT2D eigenvalue weighted by atomic mass is 16.3. The maximum Gasteiger partial charge on any atom is 0.115 e. The molecule has 1 unspecified atom stereocenters. The number of nitrogens with zero attached hydrogens (tertiary/aromatic N) is 1. The molecular weight excluding hydrogens is 246 g/mol. The summed E-state index contributed by atoms with van der Waals surface area (Å²) in [5, 5.41) is 8.66. The Bertz CT molecular complexity index is 604. The first-order valence-electron chi connectivity index (χ1n) is 7.17. The third kappa shape index (κ3) is 2.93. The van der Waals surface area contributed by atoms with E-state index in [2.05, 4.69) is 44.2 Å². The third-order valence-corrected chi connectivity index (χ3v) is 3.85. The number of hydrogen-bond donors (Lipinski definition) is 0. The minimum absolute atomic E-state index is 0.339. The van der Waals surface area contributed by atoms with E-state index < -0.39 is 0 Å². The summed E-state index contributed by atoms with van der Waals surface area (Å²) in [6.45, 7) is 6.32. The first-order chi connectivity index (χ1) is 9.65. The van der Waals surface area contributed by atoms with Crippen molar-refractivity contribution in [3.05, 3.63) is 47.4 Å². The van der Waals surface area contributed by atoms with Gasteiger partial charge in [-0.15, -0.1) is 0 Å². The molecule has 2 heteroatoms. The molecule has 0 fully saturated rings. The van der Waals surface area contributed by atoms with Gasteiger partial charge in [0.15, 0.2) is 0 Å². The van der Waals surface area contributed by atoms with Crippen molar-refractivity contribution in [3.63, 3.8) is 0 Å². The standard InChI is InChI=1S/C18H21NO/c1-13(9-7-8-12-19)18-17(14(2)15(3)20-18)16-10-5-4-6-11-16/h4-6,10-11,13H,7-9H2,1-3H3. The van der Waals surface area contributed by atoms with Crippen LogP contribution in [0.5, 0.6) is 0 Å². The van der Waals surface area contributed by atoms with E-state index >= 15 is 0 Å². The summed E-state index contributed by atoms with van der Waals surface area (Å²) in [6.07, 6.45) is 2.52. The summed E-state index contributed by atoms with van der Waals surface area (Å²) in [7, 11) is 0. The van der Waals surface area contributed by atoms with Crippen LogP contribution in [0.3, 0.4) is 0 Å². The second-order valence-electron chi connectivity index (χ2n) is 5.34. The van der Waals surface area contributed by atoms with Gasteiger partial charge in [0.05, 0.1) is 6.07 Å². The monoisotopic (exact) mass is 267 g/mol. The highest BCUT2D eigenvalue weighted by Crippen LogP contribution is 2.37. The van der Waals surface area contributed by atoms with Crippen molar-refractivity contribution in [2.45, 2.75) is 46.0 Å². The zero-order valence-electron chi connectivity index (χ0n) is 12.4. The molecule has 0 amide bonds. The van der Waals surface area contributed by atoms with Crippen LogP contribution in [0.25, 0.3) is 11.1 Å². The van der Waals surface area contributed by atoms with Gasteiger partial charge in [-0.2, -0.15) is 5.26 Å². The lowest BCUT2D eigenvalue weighted by Gasteiger charge is -2.11. The van der Waals surface area contributed by atoms with Gasteiger partial charge in [0, 0.05) is 17.9 Å². The van der Waals surface area contributed by atoms with Crippen LogP contribution in [0.15, 0.2) is 34.7 Å². The Labute approximate surface area is 121 Å². The van der Waals surface area contributed by atoms with E-state index in [1.54, 1.807) is 0 Å². The van der Waals surface area contributed by atoms with Crippen molar-refractivity contribution in [2.24, 2.45) is 0 Å². The van der Waals surface area contributed by atoms with Crippen LogP contribution in [0.4, 0.5) is 0 Å². The second kappa shape index (κ2) is 6.43. The van der Waals surface area contributed by atoms with Crippen molar-refractivity contribution in [1.29, 1.82) is 5.26 Å². The average molecular weight is 267 g/mol. The van der Waals surface area contributed by atoms with Crippen molar-refractivity contribution >= 4 is 0 Å². The van der Waals surface area contributed by atoms with Gasteiger partial charge in [0.25, 0.3) is 0 Å². The van der Waals surface area contributed by atoms with E-state index in [4.69, 9.17) is 9.68 Å². The van der Waals surface area contributed by atoms with E-state index in [0.717, 1.165) is 24.4 Å². The van der Waals surface area contributed by atoms with Crippen LogP contribution in [-0.4, -0.2) is 0 Å². The Morgan fingerprint density at radius 3 is 2.55 bits per heavy atom. The van der Waals surface area contributed by atoms with Gasteiger partial charge in [-0.05, 0) is 37.8 Å². The highest BCUT2D eigenvalue weighted by molar-refractivity contribution is 5.70. The zero-order chi connectivity index (χ0) is 14.5. The summed E-state index contributed by atoms with van der Waals surface area (Å²) in [4.78, 5) is 0. The number of benzene rings is 1. The molecule has 2 aromatic rings. The fraction of sp³-hybridized carbons (Fsp3) is 0.389. The molecule has 1 heterocycles. The minimum Gasteiger partial charge on any atom is -0.465 e. The van der Waals surface area contributed by atoms with E-state index in [-0.39, 0.29) is 0 Å². The van der Waals surface area contributed by atoms with Crippen LogP contribution in [0, 0.1) is 25.2 Å². The summed E-state index contributed by atoms with van der Waals surface area (Å²) in [6, 6.07) is 12.6. The largest absolute Gasteiger partial charge is 0.465 e. The number of aryl methyl sites for hydroxylation is 1. The van der Waals surface area contributed by atoms with Gasteiger partial charge >= 0.3 is 0 Å². The summed E-state index contributed by atoms with van der Waals surface area (Å²) < 4.78 is 6.01. The smallest absolute Gasteiger partial charge is 0.115 e. The lowest BCUT2D eigenvalue weighted by atomic mass is 9.93. The van der Waals surface area contributed by atoms with Gasteiger partial charge in [-0.25, -0.2) is 0 Å². The molecule has 1 aromatic heterocycles. The molecule has 1 atom stereocenters. The maximum absolute atomic E-state index is 8.66. The van der Waals surface area contributed by atoms with Crippen LogP contribution < -0.4 is 0 Å². The van der Waals surface area contributed by atoms with E-state index in [1.165, 1.54) is 16.7 Å². The van der Waals surface area contributed by atoms with Crippen LogP contribution >= 0.6 is 0 Å². The Morgan fingerprint density at radius 1 is 1.20 bits per heavy atom. The minimum atomic E-state index is 0.339. The predicted molar refractivity (Wildman–Crippen MR) is 81.5 cm³/mol. The lowest BCUT2D eigenvalue weighted by molar-refractivity contribution is 0.439. The molecule has 0 spiro atoms. The van der Waals surface area contributed by atoms with E-state index in [1.807, 2.05) is 13.0 Å². The number of rotatable bonds is 5. The number of furan rings is 1. The van der Waals surface area contributed by atoms with E-state index in [0.29, 0.717) is 12.3 Å². The Hall–Kier alpha value is -2.01. The fourth-order valence-corrected chi connectivity index (χ4v) is 2.58. The van der Waals surface area contributed by atoms with Crippen LogP contribution in [-0.2, 0) is 0 Å². The molecule has 0 N–H and O–H groups in total. The van der Waals surface area contributed by atoms with E-state index in [9.17, 15) is 0 Å². The molecule has 0 saturated heterocycles. The SMILES string of the molecule is Cc1oc(C(C)CCCC#N)c(-c2ccccc2)c1C. The average Bonchev–Trinajstić information content (AvgIpc) is 2.76. The topological polar surface area (TPSA) is 36.9 Å². The lowest BCUT2D eigenvalue weighted by Crippen LogP contribution is -1.94. The van der Waals surface area contributed by atoms with Crippen molar-refractivity contribution < 1.29 is 4.42 Å². The van der Waals surface area contributed by atoms with Crippen molar-refractivity contribution in [1.82, 2.24) is 0 Å². The van der Waals surface area contributed by atoms with Gasteiger partial charge < -0.3 is 4.42 Å². The first kappa shape index (κ1) is 14.4. The molecule has 0 saturated carbocycles. The molecule has 0 aliphatic carbocycles. The molecule has 0 radical (unpaired) electrons. The summed E-state index contributed by atoms with van der Waals surface area (Å²) in [5.41, 5.74) is 3.66. The Balaban J connectivity index is 2.35. The quantitative estimate of drug-likeness (QED) is 0.684. The second-order valence-corrected chi connectivity index (χ2v) is 5.34. The zero-order valence-corrected chi connectivity index (χ0v) is 12.4. The normalized spacial score (nSPS) is 12.1. The number of nitriles is 1. The van der Waals surface area contributed by atoms with Crippen LogP contribution in [0.2, 0.25) is 0 Å². The highest BCUT2D eigenvalue weighted by Gasteiger charge is 2.20. The summed E-state index contributed by atoms with van der Waals surface area (Å²) in [5.74, 6) is 2.39. The Kier molecular flexibility index (Phi) is 4.63. The summed E-state index contributed by atoms with van der Waals surface area (Å²) >= 11 is 0. The number of hydrogen-bond acceptors (Lipinski definition) is 2. The van der Waals surface area contributed by atoms with Gasteiger partial charge in [-0.3, -0.25) is 0 Å². The molecular formula is C18H21NO. The molecule has 0 aliphatic heterocycles. The molecule has 2 nitrogen and oxygen atoms in total. The molecule has 1 aromatic carbocycles. The Morgan fingerprint density at radius 2 is 1.90 bits per heavy atom. The van der Waals surface area contributed by atoms with Gasteiger partial charge in [-0.1, -0.05) is 37.3 Å². The maximum atomic E-state index is 8.66. The van der Waals surface area contributed by atoms with Crippen LogP contribution in [0.1, 0.15) is 49.2 Å². The molecule has 104 valence electrons. The molecule has 0 aliphatic rings. The number of unbranched alkanes of at least 4 members (excludes halogenated alkanes) is 1. The molecule has 20 heavy (non-hydrogen) atoms. The molecule has 0 bridgehead atoms.